The first kappa shape index (κ1) is 24.9. The molecular formula is C32H36N4O2. The molecule has 3 heterocycles. The molecule has 6 rings (SSSR count). The highest BCUT2D eigenvalue weighted by atomic mass is 16.1. The molecule has 6 bridgehead atoms. The van der Waals surface area contributed by atoms with E-state index in [-0.39, 0.29) is 18.0 Å². The van der Waals surface area contributed by atoms with E-state index in [1.807, 2.05) is 30.5 Å². The summed E-state index contributed by atoms with van der Waals surface area (Å²) in [4.78, 5) is 38.4. The first-order chi connectivity index (χ1) is 18.6. The molecule has 1 N–H and O–H groups in total. The van der Waals surface area contributed by atoms with E-state index < -0.39 is 0 Å². The predicted molar refractivity (Wildman–Crippen MR) is 148 cm³/mol. The van der Waals surface area contributed by atoms with Gasteiger partial charge in [0, 0.05) is 42.8 Å². The third kappa shape index (κ3) is 5.70. The molecule has 1 atom stereocenters. The van der Waals surface area contributed by atoms with Gasteiger partial charge in [-0.25, -0.2) is 9.97 Å². The zero-order chi connectivity index (χ0) is 25.9. The molecule has 1 saturated carbocycles. The lowest BCUT2D eigenvalue weighted by atomic mass is 9.95. The fourth-order valence-electron chi connectivity index (χ4n) is 6.37. The van der Waals surface area contributed by atoms with Crippen molar-refractivity contribution in [1.29, 1.82) is 0 Å². The highest BCUT2D eigenvalue weighted by molar-refractivity contribution is 5.94. The number of nitrogens with zero attached hydrogens (tertiary/aromatic N) is 3. The number of carbonyl (C=O) groups is 2. The summed E-state index contributed by atoms with van der Waals surface area (Å²) in [7, 11) is 0. The summed E-state index contributed by atoms with van der Waals surface area (Å²) < 4.78 is 0. The molecule has 3 aliphatic rings. The van der Waals surface area contributed by atoms with E-state index in [9.17, 15) is 9.59 Å². The number of aromatic nitrogens is 2. The quantitative estimate of drug-likeness (QED) is 0.510. The second kappa shape index (κ2) is 11.2. The number of carbonyl (C=O) groups excluding carboxylic acids is 2. The number of ketones is 1. The average Bonchev–Trinajstić information content (AvgIpc) is 3.40. The van der Waals surface area contributed by atoms with Crippen molar-refractivity contribution in [3.63, 3.8) is 0 Å². The standard InChI is InChI=1S/C32H36N4O2/c37-30-12-11-22-6-4-7-25(17-22)28-13-14-33-31(35-28)20-23-16-24(21-36-15-5-10-29(30)36)19-26(18-23)32(38)34-27-8-2-1-3-9-27/h4,6-7,13-14,16-19,27,29H,1-3,5,8-12,15,20-21H2,(H,34,38)/t29-/m0/s1. The van der Waals surface area contributed by atoms with E-state index in [4.69, 9.17) is 4.98 Å². The van der Waals surface area contributed by atoms with Crippen molar-refractivity contribution in [1.82, 2.24) is 20.2 Å². The maximum Gasteiger partial charge on any atom is 0.251 e. The molecule has 6 heteroatoms. The van der Waals surface area contributed by atoms with Gasteiger partial charge in [-0.2, -0.15) is 0 Å². The average molecular weight is 509 g/mol. The van der Waals surface area contributed by atoms with Crippen molar-refractivity contribution < 1.29 is 9.59 Å². The van der Waals surface area contributed by atoms with Crippen LogP contribution in [0.25, 0.3) is 11.3 Å². The van der Waals surface area contributed by atoms with Crippen LogP contribution < -0.4 is 5.32 Å². The SMILES string of the molecule is O=C(NC1CCCCC1)c1cc2cc(c1)CN1CCC[C@H]1C(=O)CCc1cccc(c1)-c1ccnc(n1)C2. The Bertz CT molecular complexity index is 1330. The summed E-state index contributed by atoms with van der Waals surface area (Å²) in [6.07, 6.45) is 11.3. The second-order valence-electron chi connectivity index (χ2n) is 11.2. The van der Waals surface area contributed by atoms with Crippen LogP contribution in [0.1, 0.15) is 84.2 Å². The van der Waals surface area contributed by atoms with Gasteiger partial charge >= 0.3 is 0 Å². The minimum absolute atomic E-state index is 0.00469. The molecule has 1 saturated heterocycles. The molecular weight excluding hydrogens is 472 g/mol. The molecule has 6 nitrogen and oxygen atoms in total. The Morgan fingerprint density at radius 2 is 1.76 bits per heavy atom. The monoisotopic (exact) mass is 508 g/mol. The maximum atomic E-state index is 13.4. The summed E-state index contributed by atoms with van der Waals surface area (Å²) in [6.45, 7) is 1.58. The van der Waals surface area contributed by atoms with E-state index in [0.717, 1.165) is 72.4 Å². The Hall–Kier alpha value is -3.38. The number of amides is 1. The summed E-state index contributed by atoms with van der Waals surface area (Å²) in [6, 6.07) is 16.7. The van der Waals surface area contributed by atoms with Crippen LogP contribution in [-0.4, -0.2) is 45.2 Å². The summed E-state index contributed by atoms with van der Waals surface area (Å²) >= 11 is 0. The fraction of sp³-hybridized carbons (Fsp3) is 0.438. The van der Waals surface area contributed by atoms with Gasteiger partial charge in [-0.15, -0.1) is 0 Å². The lowest BCUT2D eigenvalue weighted by molar-refractivity contribution is -0.123. The van der Waals surface area contributed by atoms with Crippen LogP contribution >= 0.6 is 0 Å². The van der Waals surface area contributed by atoms with Gasteiger partial charge in [0.2, 0.25) is 0 Å². The first-order valence-electron chi connectivity index (χ1n) is 14.2. The number of rotatable bonds is 2. The van der Waals surface area contributed by atoms with Gasteiger partial charge in [0.15, 0.2) is 0 Å². The van der Waals surface area contributed by atoms with Crippen molar-refractivity contribution in [2.45, 2.75) is 82.8 Å². The van der Waals surface area contributed by atoms with Crippen LogP contribution in [0.5, 0.6) is 0 Å². The van der Waals surface area contributed by atoms with E-state index in [0.29, 0.717) is 30.7 Å². The van der Waals surface area contributed by atoms with Gasteiger partial charge in [-0.1, -0.05) is 43.5 Å². The predicted octanol–water partition coefficient (Wildman–Crippen LogP) is 5.28. The number of hydrogen-bond acceptors (Lipinski definition) is 5. The molecule has 38 heavy (non-hydrogen) atoms. The largest absolute Gasteiger partial charge is 0.349 e. The summed E-state index contributed by atoms with van der Waals surface area (Å²) in [5.74, 6) is 1.05. The van der Waals surface area contributed by atoms with Crippen molar-refractivity contribution in [3.05, 3.63) is 82.8 Å². The number of hydrogen-bond donors (Lipinski definition) is 1. The van der Waals surface area contributed by atoms with Crippen LogP contribution in [0, 0.1) is 0 Å². The number of nitrogens with one attached hydrogen (secondary N) is 1. The summed E-state index contributed by atoms with van der Waals surface area (Å²) in [5.41, 5.74) is 5.86. The van der Waals surface area contributed by atoms with Gasteiger partial charge < -0.3 is 5.32 Å². The van der Waals surface area contributed by atoms with E-state index in [1.54, 1.807) is 0 Å². The minimum atomic E-state index is -0.0506. The minimum Gasteiger partial charge on any atom is -0.349 e. The number of aryl methyl sites for hydroxylation is 1. The Labute approximate surface area is 224 Å². The van der Waals surface area contributed by atoms with Gasteiger partial charge in [0.1, 0.15) is 11.6 Å². The number of fused-ring (bicyclic) bond motifs is 8. The van der Waals surface area contributed by atoms with Gasteiger partial charge in [0.25, 0.3) is 5.91 Å². The van der Waals surface area contributed by atoms with Crippen molar-refractivity contribution >= 4 is 11.7 Å². The highest BCUT2D eigenvalue weighted by Gasteiger charge is 2.30. The van der Waals surface area contributed by atoms with Gasteiger partial charge in [-0.3, -0.25) is 14.5 Å². The molecule has 1 aliphatic carbocycles. The van der Waals surface area contributed by atoms with E-state index in [1.165, 1.54) is 19.3 Å². The summed E-state index contributed by atoms with van der Waals surface area (Å²) in [5, 5.41) is 3.28. The highest BCUT2D eigenvalue weighted by Crippen LogP contribution is 2.26. The van der Waals surface area contributed by atoms with Gasteiger partial charge in [0.05, 0.1) is 11.7 Å². The lowest BCUT2D eigenvalue weighted by Gasteiger charge is -2.25. The van der Waals surface area contributed by atoms with E-state index in [2.05, 4.69) is 39.5 Å². The molecule has 196 valence electrons. The van der Waals surface area contributed by atoms with Crippen LogP contribution in [0.3, 0.4) is 0 Å². The molecule has 2 fully saturated rings. The Kier molecular flexibility index (Phi) is 7.32. The van der Waals surface area contributed by atoms with Crippen LogP contribution in [-0.2, 0) is 24.2 Å². The second-order valence-corrected chi connectivity index (χ2v) is 11.2. The molecule has 0 spiro atoms. The number of benzene rings is 2. The zero-order valence-corrected chi connectivity index (χ0v) is 22.0. The van der Waals surface area contributed by atoms with Crippen LogP contribution in [0.4, 0.5) is 0 Å². The normalized spacial score (nSPS) is 20.6. The molecule has 3 aromatic rings. The van der Waals surface area contributed by atoms with Crippen molar-refractivity contribution in [3.8, 4) is 11.3 Å². The van der Waals surface area contributed by atoms with Gasteiger partial charge in [-0.05, 0) is 79.6 Å². The van der Waals surface area contributed by atoms with Crippen LogP contribution in [0.15, 0.2) is 54.7 Å². The topological polar surface area (TPSA) is 75.2 Å². The lowest BCUT2D eigenvalue weighted by Crippen LogP contribution is -2.37. The molecule has 1 aromatic heterocycles. The van der Waals surface area contributed by atoms with Crippen LogP contribution in [0.2, 0.25) is 0 Å². The maximum absolute atomic E-state index is 13.4. The molecule has 0 radical (unpaired) electrons. The number of Topliss-reactive ketones (excluding diaryl/α,β-unsaturated/α-hetero) is 1. The van der Waals surface area contributed by atoms with Crippen molar-refractivity contribution in [2.24, 2.45) is 0 Å². The fourth-order valence-corrected chi connectivity index (χ4v) is 6.37. The Morgan fingerprint density at radius 1 is 0.895 bits per heavy atom. The third-order valence-corrected chi connectivity index (χ3v) is 8.33. The Morgan fingerprint density at radius 3 is 2.66 bits per heavy atom. The Balaban J connectivity index is 1.37. The smallest absolute Gasteiger partial charge is 0.251 e. The molecule has 0 unspecified atom stereocenters. The first-order valence-corrected chi connectivity index (χ1v) is 14.2. The third-order valence-electron chi connectivity index (χ3n) is 8.33. The zero-order valence-electron chi connectivity index (χ0n) is 22.0. The van der Waals surface area contributed by atoms with E-state index >= 15 is 0 Å². The molecule has 2 aromatic carbocycles. The van der Waals surface area contributed by atoms with Crippen molar-refractivity contribution in [2.75, 3.05) is 6.54 Å². The molecule has 1 amide bonds. The molecule has 2 aliphatic heterocycles.